The van der Waals surface area contributed by atoms with E-state index in [-0.39, 0.29) is 13.2 Å². The van der Waals surface area contributed by atoms with Gasteiger partial charge < -0.3 is 10.2 Å². The van der Waals surface area contributed by atoms with Crippen molar-refractivity contribution in [1.82, 2.24) is 20.2 Å². The number of nitrogens with zero attached hydrogens (tertiary/aromatic N) is 4. The fourth-order valence-electron chi connectivity index (χ4n) is 0.538. The third kappa shape index (κ3) is 1.74. The monoisotopic (exact) mass is 144 g/mol. The number of hydrogen-bond donors (Lipinski definition) is 2. The Labute approximate surface area is 57.1 Å². The minimum atomic E-state index is -0.788. The van der Waals surface area contributed by atoms with Crippen LogP contribution in [0.25, 0.3) is 0 Å². The number of aliphatic hydroxyl groups excluding tert-OH is 2. The minimum absolute atomic E-state index is 0.226. The van der Waals surface area contributed by atoms with Crippen molar-refractivity contribution in [3.05, 3.63) is 6.33 Å². The summed E-state index contributed by atoms with van der Waals surface area (Å²) >= 11 is 0. The summed E-state index contributed by atoms with van der Waals surface area (Å²) in [5.41, 5.74) is 0. The second-order valence-electron chi connectivity index (χ2n) is 1.87. The van der Waals surface area contributed by atoms with E-state index in [1.54, 1.807) is 0 Å². The highest BCUT2D eigenvalue weighted by molar-refractivity contribution is 4.54. The van der Waals surface area contributed by atoms with Gasteiger partial charge in [0.25, 0.3) is 0 Å². The molecule has 1 heterocycles. The summed E-state index contributed by atoms with van der Waals surface area (Å²) in [4.78, 5) is 0. The Kier molecular flexibility index (Phi) is 2.30. The molecule has 56 valence electrons. The van der Waals surface area contributed by atoms with E-state index in [4.69, 9.17) is 10.2 Å². The fraction of sp³-hybridized carbons (Fsp3) is 0.750. The van der Waals surface area contributed by atoms with Crippen LogP contribution in [0.4, 0.5) is 0 Å². The van der Waals surface area contributed by atoms with Gasteiger partial charge in [-0.05, 0) is 10.4 Å². The molecule has 1 aromatic heterocycles. The largest absolute Gasteiger partial charge is 0.394 e. The molecule has 0 aliphatic heterocycles. The lowest BCUT2D eigenvalue weighted by Crippen LogP contribution is -2.20. The zero-order valence-corrected chi connectivity index (χ0v) is 5.25. The molecule has 10 heavy (non-hydrogen) atoms. The van der Waals surface area contributed by atoms with Crippen LogP contribution in [0.1, 0.15) is 0 Å². The summed E-state index contributed by atoms with van der Waals surface area (Å²) in [7, 11) is 0. The smallest absolute Gasteiger partial charge is 0.138 e. The third-order valence-electron chi connectivity index (χ3n) is 1.00. The molecule has 1 rings (SSSR count). The van der Waals surface area contributed by atoms with Gasteiger partial charge in [-0.15, -0.1) is 5.10 Å². The predicted octanol–water partition coefficient (Wildman–Crippen LogP) is -1.97. The molecule has 0 saturated carbocycles. The zero-order valence-electron chi connectivity index (χ0n) is 5.25. The Morgan fingerprint density at radius 3 is 2.90 bits per heavy atom. The Morgan fingerprint density at radius 2 is 2.40 bits per heavy atom. The van der Waals surface area contributed by atoms with E-state index in [1.807, 2.05) is 0 Å². The van der Waals surface area contributed by atoms with Crippen LogP contribution >= 0.6 is 0 Å². The van der Waals surface area contributed by atoms with Crippen LogP contribution < -0.4 is 0 Å². The third-order valence-corrected chi connectivity index (χ3v) is 1.00. The summed E-state index contributed by atoms with van der Waals surface area (Å²) < 4.78 is 1.35. The molecule has 1 atom stereocenters. The second kappa shape index (κ2) is 3.23. The van der Waals surface area contributed by atoms with Crippen LogP contribution in [0, 0.1) is 0 Å². The van der Waals surface area contributed by atoms with Crippen molar-refractivity contribution >= 4 is 0 Å². The topological polar surface area (TPSA) is 84.1 Å². The van der Waals surface area contributed by atoms with Gasteiger partial charge >= 0.3 is 0 Å². The first-order valence-electron chi connectivity index (χ1n) is 2.82. The molecule has 0 saturated heterocycles. The van der Waals surface area contributed by atoms with Gasteiger partial charge in [0.15, 0.2) is 0 Å². The van der Waals surface area contributed by atoms with E-state index in [0.717, 1.165) is 0 Å². The molecular weight excluding hydrogens is 136 g/mol. The lowest BCUT2D eigenvalue weighted by molar-refractivity contribution is 0.0777. The van der Waals surface area contributed by atoms with Crippen LogP contribution in [0.3, 0.4) is 0 Å². The Bertz CT molecular complexity index is 175. The maximum absolute atomic E-state index is 8.86. The first-order chi connectivity index (χ1) is 4.83. The van der Waals surface area contributed by atoms with Crippen molar-refractivity contribution in [3.8, 4) is 0 Å². The molecular formula is C4H8N4O2. The second-order valence-corrected chi connectivity index (χ2v) is 1.87. The molecule has 0 aromatic carbocycles. The average Bonchev–Trinajstić information content (AvgIpc) is 2.40. The highest BCUT2D eigenvalue weighted by atomic mass is 16.3. The molecule has 0 radical (unpaired) electrons. The van der Waals surface area contributed by atoms with E-state index in [2.05, 4.69) is 15.5 Å². The number of aliphatic hydroxyl groups is 2. The van der Waals surface area contributed by atoms with Crippen molar-refractivity contribution in [3.63, 3.8) is 0 Å². The normalized spacial score (nSPS) is 13.4. The van der Waals surface area contributed by atoms with Gasteiger partial charge in [-0.3, -0.25) is 0 Å². The van der Waals surface area contributed by atoms with E-state index >= 15 is 0 Å². The molecule has 0 bridgehead atoms. The van der Waals surface area contributed by atoms with Crippen LogP contribution in [0.5, 0.6) is 0 Å². The SMILES string of the molecule is OCC(O)Cn1cnnn1. The lowest BCUT2D eigenvalue weighted by Gasteiger charge is -2.03. The van der Waals surface area contributed by atoms with Crippen LogP contribution in [-0.2, 0) is 6.54 Å². The Hall–Kier alpha value is -1.01. The first kappa shape index (κ1) is 7.10. The molecule has 0 aliphatic rings. The molecule has 2 N–H and O–H groups in total. The Morgan fingerprint density at radius 1 is 1.60 bits per heavy atom. The van der Waals surface area contributed by atoms with Crippen molar-refractivity contribution in [2.45, 2.75) is 12.6 Å². The average molecular weight is 144 g/mol. The first-order valence-corrected chi connectivity index (χ1v) is 2.82. The van der Waals surface area contributed by atoms with Crippen molar-refractivity contribution in [2.75, 3.05) is 6.61 Å². The van der Waals surface area contributed by atoms with E-state index < -0.39 is 6.10 Å². The van der Waals surface area contributed by atoms with Gasteiger partial charge in [0.1, 0.15) is 6.33 Å². The van der Waals surface area contributed by atoms with Gasteiger partial charge in [0.2, 0.25) is 0 Å². The summed E-state index contributed by atoms with van der Waals surface area (Å²) in [5.74, 6) is 0. The van der Waals surface area contributed by atoms with Gasteiger partial charge in [-0.25, -0.2) is 4.68 Å². The van der Waals surface area contributed by atoms with E-state index in [0.29, 0.717) is 0 Å². The zero-order chi connectivity index (χ0) is 7.40. The molecule has 6 heteroatoms. The lowest BCUT2D eigenvalue weighted by atomic mass is 10.4. The maximum Gasteiger partial charge on any atom is 0.138 e. The molecule has 1 aromatic rings. The minimum Gasteiger partial charge on any atom is -0.394 e. The summed E-state index contributed by atoms with van der Waals surface area (Å²) in [6.45, 7) is -0.0522. The number of aromatic nitrogens is 4. The van der Waals surface area contributed by atoms with Crippen LogP contribution in [0.2, 0.25) is 0 Å². The standard InChI is InChI=1S/C4H8N4O2/c9-2-4(10)1-8-3-5-6-7-8/h3-4,9-10H,1-2H2. The number of hydrogen-bond acceptors (Lipinski definition) is 5. The van der Waals surface area contributed by atoms with Crippen LogP contribution in [0.15, 0.2) is 6.33 Å². The van der Waals surface area contributed by atoms with Crippen LogP contribution in [-0.4, -0.2) is 43.1 Å². The summed E-state index contributed by atoms with van der Waals surface area (Å²) in [6, 6.07) is 0. The van der Waals surface area contributed by atoms with Crippen molar-refractivity contribution < 1.29 is 10.2 Å². The van der Waals surface area contributed by atoms with Gasteiger partial charge in [-0.1, -0.05) is 0 Å². The molecule has 6 nitrogen and oxygen atoms in total. The molecule has 0 aliphatic carbocycles. The van der Waals surface area contributed by atoms with Gasteiger partial charge in [-0.2, -0.15) is 0 Å². The quantitative estimate of drug-likeness (QED) is 0.514. The number of tetrazole rings is 1. The van der Waals surface area contributed by atoms with Crippen molar-refractivity contribution in [2.24, 2.45) is 0 Å². The summed E-state index contributed by atoms with van der Waals surface area (Å²) in [6.07, 6.45) is 0.585. The number of rotatable bonds is 3. The van der Waals surface area contributed by atoms with E-state index in [1.165, 1.54) is 11.0 Å². The maximum atomic E-state index is 8.86. The predicted molar refractivity (Wildman–Crippen MR) is 30.9 cm³/mol. The van der Waals surface area contributed by atoms with Crippen molar-refractivity contribution in [1.29, 1.82) is 0 Å². The highest BCUT2D eigenvalue weighted by Crippen LogP contribution is 1.85. The highest BCUT2D eigenvalue weighted by Gasteiger charge is 2.02. The van der Waals surface area contributed by atoms with Gasteiger partial charge in [0.05, 0.1) is 19.3 Å². The summed E-state index contributed by atoms with van der Waals surface area (Å²) in [5, 5.41) is 27.5. The fourth-order valence-corrected chi connectivity index (χ4v) is 0.538. The van der Waals surface area contributed by atoms with Gasteiger partial charge in [0, 0.05) is 0 Å². The molecule has 1 unspecified atom stereocenters. The Balaban J connectivity index is 2.40. The van der Waals surface area contributed by atoms with E-state index in [9.17, 15) is 0 Å². The molecule has 0 amide bonds. The molecule has 0 fully saturated rings. The molecule has 0 spiro atoms.